The number of aromatic nitrogens is 1. The van der Waals surface area contributed by atoms with Crippen LogP contribution >= 0.6 is 0 Å². The lowest BCUT2D eigenvalue weighted by molar-refractivity contribution is -0.126. The highest BCUT2D eigenvalue weighted by molar-refractivity contribution is 5.97. The number of fused-ring (bicyclic) bond motifs is 1. The highest BCUT2D eigenvalue weighted by Gasteiger charge is 2.33. The minimum absolute atomic E-state index is 0.220. The van der Waals surface area contributed by atoms with Crippen LogP contribution in [0.1, 0.15) is 36.3 Å². The largest absolute Gasteiger partial charge is 0.440 e. The first kappa shape index (κ1) is 19.1. The summed E-state index contributed by atoms with van der Waals surface area (Å²) in [5.74, 6) is 0.657. The van der Waals surface area contributed by atoms with Gasteiger partial charge in [0, 0.05) is 13.0 Å². The molecule has 1 saturated heterocycles. The molecular weight excluding hydrogens is 368 g/mol. The molecule has 0 bridgehead atoms. The van der Waals surface area contributed by atoms with Gasteiger partial charge in [-0.1, -0.05) is 42.5 Å². The number of urea groups is 1. The number of benzene rings is 2. The SMILES string of the molecule is CNC(=O)NC(=O)C(c1ccccc1)N1CCC(c2nc3ccccc3o2)CC1. The lowest BCUT2D eigenvalue weighted by atomic mass is 9.93. The Morgan fingerprint density at radius 1 is 1.07 bits per heavy atom. The van der Waals surface area contributed by atoms with Crippen molar-refractivity contribution in [3.8, 4) is 0 Å². The maximum Gasteiger partial charge on any atom is 0.321 e. The molecule has 2 N–H and O–H groups in total. The van der Waals surface area contributed by atoms with E-state index in [0.29, 0.717) is 13.1 Å². The van der Waals surface area contributed by atoms with Crippen LogP contribution in [-0.2, 0) is 4.79 Å². The van der Waals surface area contributed by atoms with Crippen molar-refractivity contribution in [2.45, 2.75) is 24.8 Å². The van der Waals surface area contributed by atoms with Gasteiger partial charge in [-0.05, 0) is 43.6 Å². The van der Waals surface area contributed by atoms with Gasteiger partial charge in [0.25, 0.3) is 0 Å². The van der Waals surface area contributed by atoms with E-state index in [1.165, 1.54) is 7.05 Å². The average Bonchev–Trinajstić information content (AvgIpc) is 3.19. The van der Waals surface area contributed by atoms with Crippen LogP contribution in [0.3, 0.4) is 0 Å². The van der Waals surface area contributed by atoms with E-state index in [9.17, 15) is 9.59 Å². The monoisotopic (exact) mass is 392 g/mol. The second-order valence-electron chi connectivity index (χ2n) is 7.21. The fourth-order valence-electron chi connectivity index (χ4n) is 3.88. The van der Waals surface area contributed by atoms with Gasteiger partial charge in [-0.15, -0.1) is 0 Å². The summed E-state index contributed by atoms with van der Waals surface area (Å²) in [6, 6.07) is 16.3. The van der Waals surface area contributed by atoms with E-state index in [-0.39, 0.29) is 11.8 Å². The molecule has 29 heavy (non-hydrogen) atoms. The molecule has 1 aromatic heterocycles. The van der Waals surface area contributed by atoms with Crippen molar-refractivity contribution in [1.82, 2.24) is 20.5 Å². The molecule has 3 amide bonds. The van der Waals surface area contributed by atoms with Crippen LogP contribution in [0.4, 0.5) is 4.79 Å². The number of rotatable bonds is 4. The molecule has 1 aliphatic rings. The molecule has 2 heterocycles. The Kier molecular flexibility index (Phi) is 5.57. The topological polar surface area (TPSA) is 87.5 Å². The van der Waals surface area contributed by atoms with Gasteiger partial charge in [0.05, 0.1) is 0 Å². The molecule has 7 nitrogen and oxygen atoms in total. The molecule has 2 aromatic carbocycles. The van der Waals surface area contributed by atoms with Crippen molar-refractivity contribution in [1.29, 1.82) is 0 Å². The van der Waals surface area contributed by atoms with E-state index in [2.05, 4.69) is 20.5 Å². The molecule has 1 aliphatic heterocycles. The van der Waals surface area contributed by atoms with Gasteiger partial charge < -0.3 is 9.73 Å². The minimum atomic E-state index is -0.516. The van der Waals surface area contributed by atoms with Gasteiger partial charge in [-0.25, -0.2) is 9.78 Å². The zero-order valence-electron chi connectivity index (χ0n) is 16.3. The van der Waals surface area contributed by atoms with Crippen molar-refractivity contribution in [3.05, 3.63) is 66.1 Å². The minimum Gasteiger partial charge on any atom is -0.440 e. The molecule has 0 radical (unpaired) electrons. The highest BCUT2D eigenvalue weighted by atomic mass is 16.3. The fourth-order valence-corrected chi connectivity index (χ4v) is 3.88. The van der Waals surface area contributed by atoms with Gasteiger partial charge >= 0.3 is 6.03 Å². The quantitative estimate of drug-likeness (QED) is 0.712. The molecule has 1 fully saturated rings. The summed E-state index contributed by atoms with van der Waals surface area (Å²) in [6.45, 7) is 1.42. The van der Waals surface area contributed by atoms with Crippen molar-refractivity contribution < 1.29 is 14.0 Å². The third kappa shape index (κ3) is 4.14. The van der Waals surface area contributed by atoms with Crippen molar-refractivity contribution in [2.24, 2.45) is 0 Å². The Bertz CT molecular complexity index is 960. The lowest BCUT2D eigenvalue weighted by Crippen LogP contribution is -2.47. The van der Waals surface area contributed by atoms with Gasteiger partial charge in [0.15, 0.2) is 11.5 Å². The summed E-state index contributed by atoms with van der Waals surface area (Å²) in [4.78, 5) is 31.3. The molecule has 0 spiro atoms. The molecular formula is C22H24N4O3. The first-order chi connectivity index (χ1) is 14.2. The predicted octanol–water partition coefficient (Wildman–Crippen LogP) is 3.20. The lowest BCUT2D eigenvalue weighted by Gasteiger charge is -2.36. The Balaban J connectivity index is 1.50. The number of nitrogens with zero attached hydrogens (tertiary/aromatic N) is 2. The van der Waals surface area contributed by atoms with Gasteiger partial charge in [-0.3, -0.25) is 15.0 Å². The second kappa shape index (κ2) is 8.45. The van der Waals surface area contributed by atoms with Crippen LogP contribution in [0.25, 0.3) is 11.1 Å². The van der Waals surface area contributed by atoms with E-state index in [1.54, 1.807) is 0 Å². The summed E-state index contributed by atoms with van der Waals surface area (Å²) >= 11 is 0. The summed E-state index contributed by atoms with van der Waals surface area (Å²) in [7, 11) is 1.49. The van der Waals surface area contributed by atoms with E-state index in [0.717, 1.165) is 35.4 Å². The van der Waals surface area contributed by atoms with E-state index < -0.39 is 12.1 Å². The van der Waals surface area contributed by atoms with Crippen LogP contribution in [0, 0.1) is 0 Å². The smallest absolute Gasteiger partial charge is 0.321 e. The molecule has 0 aliphatic carbocycles. The number of carbonyl (C=O) groups is 2. The average molecular weight is 392 g/mol. The number of hydrogen-bond acceptors (Lipinski definition) is 5. The maximum absolute atomic E-state index is 12.8. The summed E-state index contributed by atoms with van der Waals surface area (Å²) < 4.78 is 5.94. The Labute approximate surface area is 169 Å². The molecule has 7 heteroatoms. The number of nitrogens with one attached hydrogen (secondary N) is 2. The van der Waals surface area contributed by atoms with Crippen molar-refractivity contribution in [3.63, 3.8) is 0 Å². The number of piperidine rings is 1. The third-order valence-corrected chi connectivity index (χ3v) is 5.38. The molecule has 1 unspecified atom stereocenters. The van der Waals surface area contributed by atoms with Crippen LogP contribution < -0.4 is 10.6 Å². The predicted molar refractivity (Wildman–Crippen MR) is 109 cm³/mol. The number of imide groups is 1. The first-order valence-corrected chi connectivity index (χ1v) is 9.82. The van der Waals surface area contributed by atoms with Gasteiger partial charge in [0.1, 0.15) is 11.6 Å². The van der Waals surface area contributed by atoms with Crippen LogP contribution in [-0.4, -0.2) is 42.0 Å². The molecule has 150 valence electrons. The normalized spacial score (nSPS) is 16.4. The molecule has 1 atom stereocenters. The summed E-state index contributed by atoms with van der Waals surface area (Å²) in [5.41, 5.74) is 2.54. The van der Waals surface area contributed by atoms with E-state index >= 15 is 0 Å². The zero-order chi connectivity index (χ0) is 20.2. The third-order valence-electron chi connectivity index (χ3n) is 5.38. The zero-order valence-corrected chi connectivity index (χ0v) is 16.3. The van der Waals surface area contributed by atoms with Crippen LogP contribution in [0.5, 0.6) is 0 Å². The summed E-state index contributed by atoms with van der Waals surface area (Å²) in [5, 5.41) is 4.86. The molecule has 4 rings (SSSR count). The van der Waals surface area contributed by atoms with Gasteiger partial charge in [-0.2, -0.15) is 0 Å². The Hall–Kier alpha value is -3.19. The van der Waals surface area contributed by atoms with E-state index in [4.69, 9.17) is 4.42 Å². The maximum atomic E-state index is 12.8. The molecule has 0 saturated carbocycles. The van der Waals surface area contributed by atoms with Crippen LogP contribution in [0.2, 0.25) is 0 Å². The number of oxazole rings is 1. The highest BCUT2D eigenvalue weighted by Crippen LogP contribution is 2.33. The number of hydrogen-bond donors (Lipinski definition) is 2. The molecule has 3 aromatic rings. The van der Waals surface area contributed by atoms with Crippen molar-refractivity contribution in [2.75, 3.05) is 20.1 Å². The van der Waals surface area contributed by atoms with Gasteiger partial charge in [0.2, 0.25) is 5.91 Å². The first-order valence-electron chi connectivity index (χ1n) is 9.82. The summed E-state index contributed by atoms with van der Waals surface area (Å²) in [6.07, 6.45) is 1.67. The number of para-hydroxylation sites is 2. The Morgan fingerprint density at radius 2 is 1.76 bits per heavy atom. The second-order valence-corrected chi connectivity index (χ2v) is 7.21. The number of amides is 3. The van der Waals surface area contributed by atoms with Crippen LogP contribution in [0.15, 0.2) is 59.0 Å². The standard InChI is InChI=1S/C22H24N4O3/c1-23-22(28)25-20(27)19(15-7-3-2-4-8-15)26-13-11-16(12-14-26)21-24-17-9-5-6-10-18(17)29-21/h2-10,16,19H,11-14H2,1H3,(H2,23,25,27,28). The fraction of sp³-hybridized carbons (Fsp3) is 0.318. The Morgan fingerprint density at radius 3 is 2.45 bits per heavy atom. The number of likely N-dealkylation sites (tertiary alicyclic amines) is 1. The number of carbonyl (C=O) groups excluding carboxylic acids is 2. The van der Waals surface area contributed by atoms with Crippen molar-refractivity contribution >= 4 is 23.0 Å². The van der Waals surface area contributed by atoms with E-state index in [1.807, 2.05) is 54.6 Å².